The van der Waals surface area contributed by atoms with Gasteiger partial charge in [-0.2, -0.15) is 0 Å². The SMILES string of the molecule is ClC/C=C(/CCCl)c1ccccc1. The van der Waals surface area contributed by atoms with Crippen molar-refractivity contribution in [1.82, 2.24) is 0 Å². The largest absolute Gasteiger partial charge is 0.126 e. The van der Waals surface area contributed by atoms with Gasteiger partial charge in [-0.25, -0.2) is 0 Å². The van der Waals surface area contributed by atoms with E-state index in [-0.39, 0.29) is 0 Å². The summed E-state index contributed by atoms with van der Waals surface area (Å²) in [5.74, 6) is 1.18. The molecule has 0 radical (unpaired) electrons. The van der Waals surface area contributed by atoms with Gasteiger partial charge in [0.1, 0.15) is 0 Å². The summed E-state index contributed by atoms with van der Waals surface area (Å²) in [7, 11) is 0. The van der Waals surface area contributed by atoms with E-state index in [0.29, 0.717) is 11.8 Å². The molecule has 1 aromatic carbocycles. The molecule has 0 nitrogen and oxygen atoms in total. The predicted octanol–water partition coefficient (Wildman–Crippen LogP) is 3.94. The van der Waals surface area contributed by atoms with E-state index >= 15 is 0 Å². The zero-order valence-electron chi connectivity index (χ0n) is 7.34. The van der Waals surface area contributed by atoms with Gasteiger partial charge in [-0.15, -0.1) is 23.2 Å². The molecule has 1 rings (SSSR count). The van der Waals surface area contributed by atoms with Crippen molar-refractivity contribution in [2.75, 3.05) is 11.8 Å². The Balaban J connectivity index is 2.83. The lowest BCUT2D eigenvalue weighted by Gasteiger charge is -2.04. The molecule has 0 spiro atoms. The van der Waals surface area contributed by atoms with Crippen LogP contribution < -0.4 is 0 Å². The molecule has 70 valence electrons. The molecule has 0 aliphatic carbocycles. The number of halogens is 2. The molecule has 0 N–H and O–H groups in total. The molecule has 0 aliphatic rings. The van der Waals surface area contributed by atoms with Gasteiger partial charge in [0, 0.05) is 11.8 Å². The van der Waals surface area contributed by atoms with Crippen LogP contribution in [-0.2, 0) is 0 Å². The highest BCUT2D eigenvalue weighted by Gasteiger charge is 1.98. The molecule has 0 atom stereocenters. The van der Waals surface area contributed by atoms with Gasteiger partial charge in [0.25, 0.3) is 0 Å². The summed E-state index contributed by atoms with van der Waals surface area (Å²) in [5.41, 5.74) is 2.44. The minimum absolute atomic E-state index is 0.543. The van der Waals surface area contributed by atoms with Crippen molar-refractivity contribution in [3.8, 4) is 0 Å². The number of rotatable bonds is 4. The molecule has 0 amide bonds. The molecule has 13 heavy (non-hydrogen) atoms. The van der Waals surface area contributed by atoms with Crippen molar-refractivity contribution in [3.63, 3.8) is 0 Å². The standard InChI is InChI=1S/C11H12Cl2/c12-8-6-11(7-9-13)10-4-2-1-3-5-10/h1-6H,7-9H2/b11-6-. The van der Waals surface area contributed by atoms with E-state index in [2.05, 4.69) is 12.1 Å². The Hall–Kier alpha value is -0.460. The van der Waals surface area contributed by atoms with Crippen LogP contribution in [0.5, 0.6) is 0 Å². The van der Waals surface area contributed by atoms with Crippen LogP contribution in [0.1, 0.15) is 12.0 Å². The second kappa shape index (κ2) is 6.06. The molecule has 0 bridgehead atoms. The Bertz CT molecular complexity index is 265. The van der Waals surface area contributed by atoms with Crippen molar-refractivity contribution in [1.29, 1.82) is 0 Å². The van der Waals surface area contributed by atoms with Crippen LogP contribution >= 0.6 is 23.2 Å². The monoisotopic (exact) mass is 214 g/mol. The quantitative estimate of drug-likeness (QED) is 0.667. The summed E-state index contributed by atoms with van der Waals surface area (Å²) in [5, 5.41) is 0. The number of benzene rings is 1. The van der Waals surface area contributed by atoms with Gasteiger partial charge in [-0.1, -0.05) is 36.4 Å². The minimum Gasteiger partial charge on any atom is -0.126 e. The average Bonchev–Trinajstić information content (AvgIpc) is 2.19. The Morgan fingerprint density at radius 1 is 1.15 bits per heavy atom. The molecule has 0 heterocycles. The maximum absolute atomic E-state index is 5.70. The fourth-order valence-electron chi connectivity index (χ4n) is 1.21. The summed E-state index contributed by atoms with van der Waals surface area (Å²) in [4.78, 5) is 0. The first-order chi connectivity index (χ1) is 6.38. The molecule has 0 aromatic heterocycles. The van der Waals surface area contributed by atoms with Gasteiger partial charge in [0.2, 0.25) is 0 Å². The molecule has 0 aliphatic heterocycles. The second-order valence-corrected chi connectivity index (χ2v) is 3.38. The Morgan fingerprint density at radius 3 is 2.38 bits per heavy atom. The number of allylic oxidation sites excluding steroid dienone is 2. The second-order valence-electron chi connectivity index (χ2n) is 2.69. The van der Waals surface area contributed by atoms with Crippen LogP contribution in [-0.4, -0.2) is 11.8 Å². The third-order valence-corrected chi connectivity index (χ3v) is 2.18. The first kappa shape index (κ1) is 10.6. The fraction of sp³-hybridized carbons (Fsp3) is 0.273. The number of hydrogen-bond acceptors (Lipinski definition) is 0. The van der Waals surface area contributed by atoms with Gasteiger partial charge >= 0.3 is 0 Å². The van der Waals surface area contributed by atoms with Crippen molar-refractivity contribution in [3.05, 3.63) is 42.0 Å². The van der Waals surface area contributed by atoms with Gasteiger partial charge in [0.05, 0.1) is 0 Å². The summed E-state index contributed by atoms with van der Waals surface area (Å²) in [6, 6.07) is 10.2. The molecular formula is C11H12Cl2. The van der Waals surface area contributed by atoms with E-state index < -0.39 is 0 Å². The van der Waals surface area contributed by atoms with Crippen LogP contribution in [0.15, 0.2) is 36.4 Å². The summed E-state index contributed by atoms with van der Waals surface area (Å²) in [6.07, 6.45) is 2.89. The fourth-order valence-corrected chi connectivity index (χ4v) is 1.60. The molecule has 0 saturated heterocycles. The average molecular weight is 215 g/mol. The van der Waals surface area contributed by atoms with Crippen LogP contribution in [0.4, 0.5) is 0 Å². The van der Waals surface area contributed by atoms with Crippen molar-refractivity contribution < 1.29 is 0 Å². The van der Waals surface area contributed by atoms with E-state index in [0.717, 1.165) is 6.42 Å². The van der Waals surface area contributed by atoms with Gasteiger partial charge in [-0.05, 0) is 17.6 Å². The van der Waals surface area contributed by atoms with Gasteiger partial charge < -0.3 is 0 Å². The van der Waals surface area contributed by atoms with E-state index in [1.165, 1.54) is 11.1 Å². The summed E-state index contributed by atoms with van der Waals surface area (Å²) >= 11 is 11.4. The number of alkyl halides is 2. The lowest BCUT2D eigenvalue weighted by Crippen LogP contribution is -1.86. The highest BCUT2D eigenvalue weighted by Crippen LogP contribution is 2.18. The van der Waals surface area contributed by atoms with Crippen LogP contribution in [0.3, 0.4) is 0 Å². The summed E-state index contributed by atoms with van der Waals surface area (Å²) in [6.45, 7) is 0. The Kier molecular flexibility index (Phi) is 4.95. The number of hydrogen-bond donors (Lipinski definition) is 0. The van der Waals surface area contributed by atoms with Crippen LogP contribution in [0.2, 0.25) is 0 Å². The molecule has 2 heteroatoms. The van der Waals surface area contributed by atoms with Crippen LogP contribution in [0, 0.1) is 0 Å². The zero-order chi connectivity index (χ0) is 9.52. The Morgan fingerprint density at radius 2 is 1.85 bits per heavy atom. The maximum atomic E-state index is 5.70. The maximum Gasteiger partial charge on any atom is 0.0410 e. The smallest absolute Gasteiger partial charge is 0.0410 e. The van der Waals surface area contributed by atoms with Crippen molar-refractivity contribution >= 4 is 28.8 Å². The zero-order valence-corrected chi connectivity index (χ0v) is 8.85. The lowest BCUT2D eigenvalue weighted by atomic mass is 10.0. The lowest BCUT2D eigenvalue weighted by molar-refractivity contribution is 1.24. The third kappa shape index (κ3) is 3.41. The van der Waals surface area contributed by atoms with Crippen molar-refractivity contribution in [2.24, 2.45) is 0 Å². The molecule has 1 aromatic rings. The highest BCUT2D eigenvalue weighted by atomic mass is 35.5. The summed E-state index contributed by atoms with van der Waals surface area (Å²) < 4.78 is 0. The Labute approximate surface area is 89.2 Å². The topological polar surface area (TPSA) is 0 Å². The van der Waals surface area contributed by atoms with E-state index in [1.807, 2.05) is 24.3 Å². The normalized spacial score (nSPS) is 11.7. The molecule has 0 unspecified atom stereocenters. The van der Waals surface area contributed by atoms with E-state index in [1.54, 1.807) is 0 Å². The van der Waals surface area contributed by atoms with Gasteiger partial charge in [-0.3, -0.25) is 0 Å². The van der Waals surface area contributed by atoms with E-state index in [9.17, 15) is 0 Å². The molecule has 0 saturated carbocycles. The molecule has 0 fully saturated rings. The third-order valence-electron chi connectivity index (χ3n) is 1.83. The van der Waals surface area contributed by atoms with E-state index in [4.69, 9.17) is 23.2 Å². The first-order valence-corrected chi connectivity index (χ1v) is 5.31. The molecular weight excluding hydrogens is 203 g/mol. The van der Waals surface area contributed by atoms with Crippen molar-refractivity contribution in [2.45, 2.75) is 6.42 Å². The minimum atomic E-state index is 0.543. The van der Waals surface area contributed by atoms with Crippen LogP contribution in [0.25, 0.3) is 5.57 Å². The first-order valence-electron chi connectivity index (χ1n) is 4.25. The highest BCUT2D eigenvalue weighted by molar-refractivity contribution is 6.19. The predicted molar refractivity (Wildman–Crippen MR) is 60.5 cm³/mol. The van der Waals surface area contributed by atoms with Gasteiger partial charge in [0.15, 0.2) is 0 Å².